The van der Waals surface area contributed by atoms with Crippen LogP contribution in [0.25, 0.3) is 0 Å². The van der Waals surface area contributed by atoms with Crippen LogP contribution in [-0.2, 0) is 21.4 Å². The summed E-state index contributed by atoms with van der Waals surface area (Å²) in [6.45, 7) is 6.62. The number of halogens is 2. The van der Waals surface area contributed by atoms with Gasteiger partial charge in [0.1, 0.15) is 6.04 Å². The van der Waals surface area contributed by atoms with E-state index in [0.29, 0.717) is 19.4 Å². The predicted molar refractivity (Wildman–Crippen MR) is 127 cm³/mol. The lowest BCUT2D eigenvalue weighted by Crippen LogP contribution is -2.54. The summed E-state index contributed by atoms with van der Waals surface area (Å²) in [7, 11) is -4.15. The molecule has 1 aromatic heterocycles. The molecular formula is C23H25Cl2N3O4S. The molecule has 0 saturated carbocycles. The second-order valence-electron chi connectivity index (χ2n) is 8.58. The van der Waals surface area contributed by atoms with Crippen LogP contribution in [0.3, 0.4) is 0 Å². The molecule has 3 atom stereocenters. The van der Waals surface area contributed by atoms with Crippen LogP contribution in [0.15, 0.2) is 53.6 Å². The third-order valence-electron chi connectivity index (χ3n) is 6.37. The van der Waals surface area contributed by atoms with Crippen molar-refractivity contribution in [2.75, 3.05) is 6.54 Å². The Kier molecular flexibility index (Phi) is 6.73. The molecule has 3 unspecified atom stereocenters. The van der Waals surface area contributed by atoms with Crippen molar-refractivity contribution in [3.8, 4) is 5.75 Å². The van der Waals surface area contributed by atoms with Gasteiger partial charge in [0.2, 0.25) is 15.9 Å². The van der Waals surface area contributed by atoms with Gasteiger partial charge in [-0.15, -0.1) is 0 Å². The topological polar surface area (TPSA) is 90.8 Å². The van der Waals surface area contributed by atoms with E-state index < -0.39 is 22.1 Å². The summed E-state index contributed by atoms with van der Waals surface area (Å²) in [6, 6.07) is 6.56. The molecular weight excluding hydrogens is 485 g/mol. The molecule has 1 N–H and O–H groups in total. The van der Waals surface area contributed by atoms with Gasteiger partial charge in [-0.2, -0.15) is 4.31 Å². The molecule has 1 amide bonds. The van der Waals surface area contributed by atoms with E-state index in [-0.39, 0.29) is 39.1 Å². The number of hydrogen-bond acceptors (Lipinski definition) is 5. The number of hydrogen-bond donors (Lipinski definition) is 1. The zero-order chi connectivity index (χ0) is 23.9. The number of aromatic hydroxyl groups is 1. The Balaban J connectivity index is 1.80. The molecule has 10 heteroatoms. The van der Waals surface area contributed by atoms with Crippen LogP contribution in [0.2, 0.25) is 10.0 Å². The Morgan fingerprint density at radius 3 is 2.55 bits per heavy atom. The zero-order valence-electron chi connectivity index (χ0n) is 18.1. The second-order valence-corrected chi connectivity index (χ2v) is 11.2. The number of pyridine rings is 1. The van der Waals surface area contributed by atoms with E-state index in [1.54, 1.807) is 17.2 Å². The highest BCUT2D eigenvalue weighted by atomic mass is 35.5. The van der Waals surface area contributed by atoms with Crippen LogP contribution in [0, 0.1) is 5.92 Å². The summed E-state index contributed by atoms with van der Waals surface area (Å²) < 4.78 is 29.1. The molecule has 2 aromatic rings. The highest BCUT2D eigenvalue weighted by molar-refractivity contribution is 7.89. The number of rotatable bonds is 5. The van der Waals surface area contributed by atoms with E-state index in [4.69, 9.17) is 23.2 Å². The number of phenolic OH excluding ortho intramolecular Hbond substituents is 1. The highest BCUT2D eigenvalue weighted by Crippen LogP contribution is 2.41. The van der Waals surface area contributed by atoms with Crippen molar-refractivity contribution in [2.24, 2.45) is 5.92 Å². The molecule has 0 aliphatic carbocycles. The number of carbonyl (C=O) groups excluding carboxylic acids is 1. The first-order chi connectivity index (χ1) is 15.6. The molecule has 7 nitrogen and oxygen atoms in total. The summed E-state index contributed by atoms with van der Waals surface area (Å²) in [6.07, 6.45) is 3.42. The fourth-order valence-electron chi connectivity index (χ4n) is 4.75. The number of sulfonamides is 1. The number of piperidine rings is 1. The molecule has 2 bridgehead atoms. The second kappa shape index (κ2) is 9.25. The lowest BCUT2D eigenvalue weighted by molar-refractivity contribution is -0.135. The van der Waals surface area contributed by atoms with Crippen molar-refractivity contribution in [1.82, 2.24) is 14.2 Å². The predicted octanol–water partition coefficient (Wildman–Crippen LogP) is 4.24. The Bertz CT molecular complexity index is 1170. The molecule has 2 aliphatic rings. The van der Waals surface area contributed by atoms with E-state index in [1.807, 2.05) is 19.1 Å². The minimum absolute atomic E-state index is 0.154. The summed E-state index contributed by atoms with van der Waals surface area (Å²) in [5.41, 5.74) is 1.54. The minimum Gasteiger partial charge on any atom is -0.505 e. The van der Waals surface area contributed by atoms with Crippen LogP contribution in [0.4, 0.5) is 0 Å². The summed E-state index contributed by atoms with van der Waals surface area (Å²) in [4.78, 5) is 19.5. The van der Waals surface area contributed by atoms with Crippen LogP contribution in [0.5, 0.6) is 5.75 Å². The van der Waals surface area contributed by atoms with Crippen molar-refractivity contribution in [3.63, 3.8) is 0 Å². The lowest BCUT2D eigenvalue weighted by Gasteiger charge is -2.41. The van der Waals surface area contributed by atoms with Gasteiger partial charge in [-0.3, -0.25) is 9.78 Å². The summed E-state index contributed by atoms with van der Waals surface area (Å²) in [5.74, 6) is -0.889. The third kappa shape index (κ3) is 4.49. The summed E-state index contributed by atoms with van der Waals surface area (Å²) >= 11 is 12.0. The van der Waals surface area contributed by atoms with Gasteiger partial charge in [0.05, 0.1) is 27.2 Å². The quantitative estimate of drug-likeness (QED) is 0.608. The number of benzene rings is 1. The van der Waals surface area contributed by atoms with Crippen molar-refractivity contribution in [1.29, 1.82) is 0 Å². The minimum atomic E-state index is -4.15. The molecule has 2 aliphatic heterocycles. The standard InChI is InChI=1S/C23H25Cl2N3O4S/c1-14(2)17-13-27(12-15-6-3-4-9-26-15)23(30)21-8-5-7-20(17)28(21)33(31,32)16-10-18(24)22(29)19(25)11-16/h3-4,6,9-11,17,20-21,29H,1,5,7-8,12-13H2,2H3. The van der Waals surface area contributed by atoms with Gasteiger partial charge in [0, 0.05) is 24.7 Å². The first kappa shape index (κ1) is 24.0. The molecule has 1 aromatic carbocycles. The maximum absolute atomic E-state index is 13.9. The van der Waals surface area contributed by atoms with Gasteiger partial charge in [-0.25, -0.2) is 8.42 Å². The Labute approximate surface area is 203 Å². The van der Waals surface area contributed by atoms with E-state index in [1.165, 1.54) is 16.4 Å². The molecule has 4 rings (SSSR count). The molecule has 33 heavy (non-hydrogen) atoms. The monoisotopic (exact) mass is 509 g/mol. The third-order valence-corrected chi connectivity index (χ3v) is 8.86. The first-order valence-electron chi connectivity index (χ1n) is 10.7. The fraction of sp³-hybridized carbons (Fsp3) is 0.391. The first-order valence-corrected chi connectivity index (χ1v) is 12.9. The van der Waals surface area contributed by atoms with Crippen LogP contribution in [-0.4, -0.2) is 52.2 Å². The van der Waals surface area contributed by atoms with E-state index in [0.717, 1.165) is 17.7 Å². The lowest BCUT2D eigenvalue weighted by atomic mass is 9.86. The molecule has 0 spiro atoms. The fourth-order valence-corrected chi connectivity index (χ4v) is 7.28. The largest absolute Gasteiger partial charge is 0.505 e. The smallest absolute Gasteiger partial charge is 0.244 e. The van der Waals surface area contributed by atoms with Crippen LogP contribution >= 0.6 is 23.2 Å². The Morgan fingerprint density at radius 2 is 1.94 bits per heavy atom. The maximum Gasteiger partial charge on any atom is 0.244 e. The Morgan fingerprint density at radius 1 is 1.24 bits per heavy atom. The molecule has 3 heterocycles. The van der Waals surface area contributed by atoms with E-state index >= 15 is 0 Å². The van der Waals surface area contributed by atoms with E-state index in [2.05, 4.69) is 11.6 Å². The van der Waals surface area contributed by atoms with Crippen molar-refractivity contribution in [2.45, 2.75) is 49.7 Å². The van der Waals surface area contributed by atoms with Crippen molar-refractivity contribution in [3.05, 3.63) is 64.4 Å². The molecule has 2 fully saturated rings. The Hall–Kier alpha value is -2.13. The molecule has 0 radical (unpaired) electrons. The van der Waals surface area contributed by atoms with Crippen molar-refractivity contribution >= 4 is 39.1 Å². The van der Waals surface area contributed by atoms with Crippen LogP contribution < -0.4 is 0 Å². The number of nitrogens with zero attached hydrogens (tertiary/aromatic N) is 3. The van der Waals surface area contributed by atoms with E-state index in [9.17, 15) is 18.3 Å². The number of phenols is 1. The maximum atomic E-state index is 13.9. The van der Waals surface area contributed by atoms with Crippen molar-refractivity contribution < 1.29 is 18.3 Å². The molecule has 176 valence electrons. The summed E-state index contributed by atoms with van der Waals surface area (Å²) in [5, 5.41) is 9.56. The average Bonchev–Trinajstić information content (AvgIpc) is 2.85. The van der Waals surface area contributed by atoms with Gasteiger partial charge in [-0.05, 0) is 50.5 Å². The SMILES string of the molecule is C=C(C)C1CN(Cc2ccccn2)C(=O)C2CCCC1N2S(=O)(=O)c1cc(Cl)c(O)c(Cl)c1. The van der Waals surface area contributed by atoms with Gasteiger partial charge in [-0.1, -0.05) is 41.4 Å². The number of amides is 1. The average molecular weight is 510 g/mol. The van der Waals surface area contributed by atoms with Gasteiger partial charge in [0.25, 0.3) is 0 Å². The normalized spacial score (nSPS) is 23.9. The van der Waals surface area contributed by atoms with Gasteiger partial charge in [0.15, 0.2) is 5.75 Å². The highest BCUT2D eigenvalue weighted by Gasteiger charge is 2.50. The zero-order valence-corrected chi connectivity index (χ0v) is 20.4. The number of fused-ring (bicyclic) bond motifs is 2. The number of carbonyl (C=O) groups is 1. The van der Waals surface area contributed by atoms with Crippen LogP contribution in [0.1, 0.15) is 31.9 Å². The van der Waals surface area contributed by atoms with Gasteiger partial charge >= 0.3 is 0 Å². The molecule has 2 saturated heterocycles. The van der Waals surface area contributed by atoms with Gasteiger partial charge < -0.3 is 10.0 Å². The number of aromatic nitrogens is 1.